The number of nitrogens with zero attached hydrogens (tertiary/aromatic N) is 3. The van der Waals surface area contributed by atoms with Crippen LogP contribution >= 0.6 is 0 Å². The van der Waals surface area contributed by atoms with E-state index >= 15 is 0 Å². The lowest BCUT2D eigenvalue weighted by Crippen LogP contribution is -2.25. The molecule has 94 valence electrons. The van der Waals surface area contributed by atoms with Gasteiger partial charge in [-0.05, 0) is 19.7 Å². The topological polar surface area (TPSA) is 97.3 Å². The molecular weight excluding hydrogens is 222 g/mol. The molecule has 0 spiro atoms. The molecule has 0 atom stereocenters. The van der Waals surface area contributed by atoms with Crippen molar-refractivity contribution in [1.29, 1.82) is 0 Å². The Labute approximate surface area is 99.8 Å². The van der Waals surface area contributed by atoms with Crippen LogP contribution in [-0.4, -0.2) is 41.5 Å². The van der Waals surface area contributed by atoms with E-state index in [0.717, 1.165) is 13.1 Å². The Bertz CT molecular complexity index is 396. The zero-order valence-electron chi connectivity index (χ0n) is 10.0. The van der Waals surface area contributed by atoms with Gasteiger partial charge in [-0.15, -0.1) is 0 Å². The molecule has 1 rings (SSSR count). The van der Waals surface area contributed by atoms with Gasteiger partial charge in [0.2, 0.25) is 5.82 Å². The number of nitro groups is 1. The minimum atomic E-state index is -0.474. The van der Waals surface area contributed by atoms with E-state index in [0.29, 0.717) is 6.54 Å². The molecule has 0 amide bonds. The number of nitrogens with two attached hydrogens (primary N) is 1. The summed E-state index contributed by atoms with van der Waals surface area (Å²) >= 11 is 0. The fourth-order valence-corrected chi connectivity index (χ4v) is 1.27. The lowest BCUT2D eigenvalue weighted by molar-refractivity contribution is -0.384. The van der Waals surface area contributed by atoms with Gasteiger partial charge in [0.25, 0.3) is 0 Å². The second-order valence-corrected chi connectivity index (χ2v) is 3.68. The number of nitrogens with one attached hydrogen (secondary N) is 1. The van der Waals surface area contributed by atoms with Crippen LogP contribution in [0.5, 0.6) is 0 Å². The lowest BCUT2D eigenvalue weighted by atomic mass is 10.3. The van der Waals surface area contributed by atoms with Gasteiger partial charge in [-0.25, -0.2) is 4.98 Å². The summed E-state index contributed by atoms with van der Waals surface area (Å²) in [5, 5.41) is 13.7. The minimum absolute atomic E-state index is 0.0571. The number of hydrogen-bond donors (Lipinski definition) is 2. The van der Waals surface area contributed by atoms with E-state index in [2.05, 4.69) is 15.2 Å². The van der Waals surface area contributed by atoms with Crippen LogP contribution in [0.4, 0.5) is 17.3 Å². The van der Waals surface area contributed by atoms with Crippen molar-refractivity contribution in [1.82, 2.24) is 9.88 Å². The third-order valence-corrected chi connectivity index (χ3v) is 2.42. The quantitative estimate of drug-likeness (QED) is 0.566. The average molecular weight is 239 g/mol. The van der Waals surface area contributed by atoms with Gasteiger partial charge >= 0.3 is 5.69 Å². The SMILES string of the molecule is CCN(C)CCNc1nc(N)ccc1[N+](=O)[O-]. The predicted molar refractivity (Wildman–Crippen MR) is 67.0 cm³/mol. The van der Waals surface area contributed by atoms with E-state index in [-0.39, 0.29) is 17.3 Å². The highest BCUT2D eigenvalue weighted by Gasteiger charge is 2.14. The maximum absolute atomic E-state index is 10.8. The van der Waals surface area contributed by atoms with Gasteiger partial charge in [0.15, 0.2) is 0 Å². The summed E-state index contributed by atoms with van der Waals surface area (Å²) in [5.41, 5.74) is 5.44. The molecule has 3 N–H and O–H groups in total. The first-order valence-electron chi connectivity index (χ1n) is 5.38. The summed E-state index contributed by atoms with van der Waals surface area (Å²) in [5.74, 6) is 0.487. The molecule has 0 fully saturated rings. The zero-order chi connectivity index (χ0) is 12.8. The van der Waals surface area contributed by atoms with Crippen LogP contribution in [0.2, 0.25) is 0 Å². The largest absolute Gasteiger partial charge is 0.384 e. The van der Waals surface area contributed by atoms with E-state index in [1.807, 2.05) is 14.0 Å². The van der Waals surface area contributed by atoms with Crippen molar-refractivity contribution >= 4 is 17.3 Å². The van der Waals surface area contributed by atoms with Crippen LogP contribution in [0.3, 0.4) is 0 Å². The summed E-state index contributed by atoms with van der Waals surface area (Å²) in [6, 6.07) is 2.77. The molecule has 7 heteroatoms. The molecular formula is C10H17N5O2. The molecule has 0 radical (unpaired) electrons. The van der Waals surface area contributed by atoms with Gasteiger partial charge < -0.3 is 16.0 Å². The van der Waals surface area contributed by atoms with Gasteiger partial charge in [-0.3, -0.25) is 10.1 Å². The van der Waals surface area contributed by atoms with E-state index in [4.69, 9.17) is 5.73 Å². The fourth-order valence-electron chi connectivity index (χ4n) is 1.27. The Morgan fingerprint density at radius 2 is 2.29 bits per heavy atom. The van der Waals surface area contributed by atoms with Crippen LogP contribution in [0.1, 0.15) is 6.92 Å². The van der Waals surface area contributed by atoms with Gasteiger partial charge in [-0.1, -0.05) is 6.92 Å². The van der Waals surface area contributed by atoms with Crippen molar-refractivity contribution in [2.45, 2.75) is 6.92 Å². The Kier molecular flexibility index (Phi) is 4.65. The first-order chi connectivity index (χ1) is 8.04. The second kappa shape index (κ2) is 6.00. The molecule has 1 aromatic rings. The molecule has 0 bridgehead atoms. The van der Waals surface area contributed by atoms with Crippen molar-refractivity contribution in [3.8, 4) is 0 Å². The summed E-state index contributed by atoms with van der Waals surface area (Å²) in [6.07, 6.45) is 0. The highest BCUT2D eigenvalue weighted by molar-refractivity contribution is 5.59. The van der Waals surface area contributed by atoms with Crippen LogP contribution in [0, 0.1) is 10.1 Å². The number of hydrogen-bond acceptors (Lipinski definition) is 6. The fraction of sp³-hybridized carbons (Fsp3) is 0.500. The molecule has 0 aliphatic carbocycles. The van der Waals surface area contributed by atoms with Crippen LogP contribution in [0.25, 0.3) is 0 Å². The summed E-state index contributed by atoms with van der Waals surface area (Å²) in [7, 11) is 1.98. The molecule has 0 aromatic carbocycles. The Morgan fingerprint density at radius 1 is 1.59 bits per heavy atom. The molecule has 0 aliphatic rings. The van der Waals surface area contributed by atoms with Crippen LogP contribution in [-0.2, 0) is 0 Å². The van der Waals surface area contributed by atoms with Crippen molar-refractivity contribution in [2.75, 3.05) is 37.7 Å². The summed E-state index contributed by atoms with van der Waals surface area (Å²) < 4.78 is 0. The predicted octanol–water partition coefficient (Wildman–Crippen LogP) is 0.936. The van der Waals surface area contributed by atoms with E-state index in [1.54, 1.807) is 0 Å². The van der Waals surface area contributed by atoms with Crippen molar-refractivity contribution in [2.24, 2.45) is 0 Å². The molecule has 0 saturated carbocycles. The first kappa shape index (κ1) is 13.2. The van der Waals surface area contributed by atoms with E-state index in [1.165, 1.54) is 12.1 Å². The maximum atomic E-state index is 10.8. The molecule has 7 nitrogen and oxygen atoms in total. The molecule has 0 unspecified atom stereocenters. The molecule has 0 aliphatic heterocycles. The van der Waals surface area contributed by atoms with Crippen LogP contribution in [0.15, 0.2) is 12.1 Å². The van der Waals surface area contributed by atoms with Crippen molar-refractivity contribution < 1.29 is 4.92 Å². The third-order valence-electron chi connectivity index (χ3n) is 2.42. The Morgan fingerprint density at radius 3 is 2.88 bits per heavy atom. The Hall–Kier alpha value is -1.89. The molecule has 0 saturated heterocycles. The Balaban J connectivity index is 2.68. The number of rotatable bonds is 6. The smallest absolute Gasteiger partial charge is 0.311 e. The van der Waals surface area contributed by atoms with Gasteiger partial charge in [0.1, 0.15) is 5.82 Å². The number of aromatic nitrogens is 1. The van der Waals surface area contributed by atoms with Crippen molar-refractivity contribution in [3.63, 3.8) is 0 Å². The standard InChI is InChI=1S/C10H17N5O2/c1-3-14(2)7-6-12-10-8(15(16)17)4-5-9(11)13-10/h4-5H,3,6-7H2,1-2H3,(H3,11,12,13). The van der Waals surface area contributed by atoms with Gasteiger partial charge in [-0.2, -0.15) is 0 Å². The van der Waals surface area contributed by atoms with E-state index < -0.39 is 4.92 Å². The van der Waals surface area contributed by atoms with Gasteiger partial charge in [0, 0.05) is 19.2 Å². The molecule has 17 heavy (non-hydrogen) atoms. The summed E-state index contributed by atoms with van der Waals surface area (Å²) in [4.78, 5) is 16.3. The zero-order valence-corrected chi connectivity index (χ0v) is 10.0. The maximum Gasteiger partial charge on any atom is 0.311 e. The summed E-state index contributed by atoms with van der Waals surface area (Å²) in [6.45, 7) is 4.33. The lowest BCUT2D eigenvalue weighted by Gasteiger charge is -2.14. The first-order valence-corrected chi connectivity index (χ1v) is 5.38. The monoisotopic (exact) mass is 239 g/mol. The van der Waals surface area contributed by atoms with Crippen LogP contribution < -0.4 is 11.1 Å². The van der Waals surface area contributed by atoms with Crippen molar-refractivity contribution in [3.05, 3.63) is 22.2 Å². The number of anilines is 2. The second-order valence-electron chi connectivity index (χ2n) is 3.68. The molecule has 1 heterocycles. The highest BCUT2D eigenvalue weighted by atomic mass is 16.6. The highest BCUT2D eigenvalue weighted by Crippen LogP contribution is 2.22. The number of likely N-dealkylation sites (N-methyl/N-ethyl adjacent to an activating group) is 1. The normalized spacial score (nSPS) is 10.5. The van der Waals surface area contributed by atoms with E-state index in [9.17, 15) is 10.1 Å². The van der Waals surface area contributed by atoms with Gasteiger partial charge in [0.05, 0.1) is 4.92 Å². The minimum Gasteiger partial charge on any atom is -0.384 e. The number of nitrogen functional groups attached to an aromatic ring is 1. The molecule has 1 aromatic heterocycles. The third kappa shape index (κ3) is 3.87. The average Bonchev–Trinajstić information content (AvgIpc) is 2.28. The number of pyridine rings is 1.